The summed E-state index contributed by atoms with van der Waals surface area (Å²) in [6, 6.07) is 3.61. The van der Waals surface area contributed by atoms with Gasteiger partial charge in [-0.25, -0.2) is 4.39 Å². The van der Waals surface area contributed by atoms with E-state index in [1.54, 1.807) is 6.07 Å². The molecule has 3 rings (SSSR count). The standard InChI is InChI=1S/C18H25FN2O/c19-18-15-10-11-20-12-14(15)7-8-16(18)21-17(22)9-6-13-4-2-1-3-5-13/h7-8,13,20H,1-6,9-12H2,(H,21,22). The van der Waals surface area contributed by atoms with E-state index in [1.165, 1.54) is 32.1 Å². The van der Waals surface area contributed by atoms with Crippen LogP contribution in [0.4, 0.5) is 10.1 Å². The minimum Gasteiger partial charge on any atom is -0.324 e. The molecule has 120 valence electrons. The summed E-state index contributed by atoms with van der Waals surface area (Å²) in [5, 5.41) is 6.00. The van der Waals surface area contributed by atoms with Crippen molar-refractivity contribution in [3.8, 4) is 0 Å². The summed E-state index contributed by atoms with van der Waals surface area (Å²) in [5.41, 5.74) is 2.10. The molecular weight excluding hydrogens is 279 g/mol. The number of fused-ring (bicyclic) bond motifs is 1. The van der Waals surface area contributed by atoms with Crippen LogP contribution in [-0.4, -0.2) is 12.5 Å². The molecule has 0 radical (unpaired) electrons. The van der Waals surface area contributed by atoms with E-state index in [2.05, 4.69) is 10.6 Å². The molecule has 0 spiro atoms. The molecule has 1 aromatic rings. The first-order valence-corrected chi connectivity index (χ1v) is 8.55. The molecule has 1 heterocycles. The van der Waals surface area contributed by atoms with Crippen molar-refractivity contribution < 1.29 is 9.18 Å². The topological polar surface area (TPSA) is 41.1 Å². The summed E-state index contributed by atoms with van der Waals surface area (Å²) in [7, 11) is 0. The Morgan fingerprint density at radius 1 is 1.27 bits per heavy atom. The van der Waals surface area contributed by atoms with Crippen LogP contribution in [0, 0.1) is 11.7 Å². The van der Waals surface area contributed by atoms with Crippen molar-refractivity contribution >= 4 is 11.6 Å². The Morgan fingerprint density at radius 2 is 2.09 bits per heavy atom. The van der Waals surface area contributed by atoms with E-state index in [9.17, 15) is 9.18 Å². The molecule has 1 aliphatic heterocycles. The van der Waals surface area contributed by atoms with E-state index in [0.717, 1.165) is 24.1 Å². The maximum Gasteiger partial charge on any atom is 0.224 e. The molecule has 0 aromatic heterocycles. The van der Waals surface area contributed by atoms with Crippen molar-refractivity contribution in [3.63, 3.8) is 0 Å². The normalized spacial score (nSPS) is 18.8. The van der Waals surface area contributed by atoms with Crippen LogP contribution < -0.4 is 10.6 Å². The van der Waals surface area contributed by atoms with Crippen LogP contribution in [0.25, 0.3) is 0 Å². The van der Waals surface area contributed by atoms with Gasteiger partial charge in [-0.1, -0.05) is 38.2 Å². The van der Waals surface area contributed by atoms with Crippen molar-refractivity contribution in [2.45, 2.75) is 57.9 Å². The van der Waals surface area contributed by atoms with Crippen molar-refractivity contribution in [1.29, 1.82) is 0 Å². The average Bonchev–Trinajstić information content (AvgIpc) is 2.57. The van der Waals surface area contributed by atoms with Gasteiger partial charge in [-0.05, 0) is 42.5 Å². The largest absolute Gasteiger partial charge is 0.324 e. The number of nitrogens with one attached hydrogen (secondary N) is 2. The van der Waals surface area contributed by atoms with Gasteiger partial charge in [-0.15, -0.1) is 0 Å². The van der Waals surface area contributed by atoms with Gasteiger partial charge >= 0.3 is 0 Å². The highest BCUT2D eigenvalue weighted by Gasteiger charge is 2.18. The third-order valence-electron chi connectivity index (χ3n) is 4.99. The van der Waals surface area contributed by atoms with Gasteiger partial charge in [0.2, 0.25) is 5.91 Å². The van der Waals surface area contributed by atoms with Gasteiger partial charge < -0.3 is 10.6 Å². The molecule has 0 saturated heterocycles. The molecule has 22 heavy (non-hydrogen) atoms. The second kappa shape index (κ2) is 7.23. The Labute approximate surface area is 131 Å². The molecule has 0 bridgehead atoms. The third-order valence-corrected chi connectivity index (χ3v) is 4.99. The number of rotatable bonds is 4. The average molecular weight is 304 g/mol. The zero-order valence-corrected chi connectivity index (χ0v) is 13.1. The van der Waals surface area contributed by atoms with Crippen LogP contribution >= 0.6 is 0 Å². The second-order valence-corrected chi connectivity index (χ2v) is 6.58. The highest BCUT2D eigenvalue weighted by atomic mass is 19.1. The third kappa shape index (κ3) is 3.67. The molecule has 2 N–H and O–H groups in total. The molecule has 0 atom stereocenters. The highest BCUT2D eigenvalue weighted by Crippen LogP contribution is 2.28. The number of carbonyl (C=O) groups excluding carboxylic acids is 1. The lowest BCUT2D eigenvalue weighted by molar-refractivity contribution is -0.116. The number of carbonyl (C=O) groups is 1. The van der Waals surface area contributed by atoms with E-state index in [1.807, 2.05) is 6.07 Å². The van der Waals surface area contributed by atoms with Gasteiger partial charge in [0.25, 0.3) is 0 Å². The Balaban J connectivity index is 1.57. The molecule has 4 heteroatoms. The number of benzene rings is 1. The van der Waals surface area contributed by atoms with Crippen LogP contribution in [0.2, 0.25) is 0 Å². The number of amides is 1. The van der Waals surface area contributed by atoms with Crippen LogP contribution in [0.5, 0.6) is 0 Å². The molecular formula is C18H25FN2O. The summed E-state index contributed by atoms with van der Waals surface area (Å²) in [4.78, 5) is 12.1. The minimum atomic E-state index is -0.245. The zero-order chi connectivity index (χ0) is 15.4. The monoisotopic (exact) mass is 304 g/mol. The first kappa shape index (κ1) is 15.5. The van der Waals surface area contributed by atoms with Gasteiger partial charge in [0.15, 0.2) is 0 Å². The highest BCUT2D eigenvalue weighted by molar-refractivity contribution is 5.91. The fraction of sp³-hybridized carbons (Fsp3) is 0.611. The number of hydrogen-bond donors (Lipinski definition) is 2. The molecule has 2 aliphatic rings. The molecule has 1 fully saturated rings. The molecule has 0 unspecified atom stereocenters. The Bertz CT molecular complexity index is 538. The van der Waals surface area contributed by atoms with Gasteiger partial charge in [0.05, 0.1) is 5.69 Å². The fourth-order valence-corrected chi connectivity index (χ4v) is 3.65. The lowest BCUT2D eigenvalue weighted by Gasteiger charge is -2.21. The van der Waals surface area contributed by atoms with Crippen LogP contribution in [0.15, 0.2) is 12.1 Å². The van der Waals surface area contributed by atoms with E-state index in [-0.39, 0.29) is 11.7 Å². The summed E-state index contributed by atoms with van der Waals surface area (Å²) >= 11 is 0. The molecule has 3 nitrogen and oxygen atoms in total. The number of hydrogen-bond acceptors (Lipinski definition) is 2. The Kier molecular flexibility index (Phi) is 5.08. The summed E-state index contributed by atoms with van der Waals surface area (Å²) < 4.78 is 14.5. The smallest absolute Gasteiger partial charge is 0.224 e. The lowest BCUT2D eigenvalue weighted by atomic mass is 9.86. The van der Waals surface area contributed by atoms with Crippen LogP contribution in [0.3, 0.4) is 0 Å². The minimum absolute atomic E-state index is 0.0571. The number of halogens is 1. The van der Waals surface area contributed by atoms with Crippen molar-refractivity contribution in [1.82, 2.24) is 5.32 Å². The quantitative estimate of drug-likeness (QED) is 0.889. The molecule has 1 aliphatic carbocycles. The summed E-state index contributed by atoms with van der Waals surface area (Å²) in [5.74, 6) is 0.377. The van der Waals surface area contributed by atoms with Gasteiger partial charge in [0, 0.05) is 13.0 Å². The van der Waals surface area contributed by atoms with Gasteiger partial charge in [-0.3, -0.25) is 4.79 Å². The predicted molar refractivity (Wildman–Crippen MR) is 86.2 cm³/mol. The molecule has 1 saturated carbocycles. The summed E-state index contributed by atoms with van der Waals surface area (Å²) in [6.07, 6.45) is 8.52. The van der Waals surface area contributed by atoms with Crippen LogP contribution in [-0.2, 0) is 17.8 Å². The van der Waals surface area contributed by atoms with E-state index >= 15 is 0 Å². The maximum atomic E-state index is 14.5. The maximum absolute atomic E-state index is 14.5. The van der Waals surface area contributed by atoms with E-state index in [4.69, 9.17) is 0 Å². The fourth-order valence-electron chi connectivity index (χ4n) is 3.65. The lowest BCUT2D eigenvalue weighted by Crippen LogP contribution is -2.25. The zero-order valence-electron chi connectivity index (χ0n) is 13.1. The number of anilines is 1. The van der Waals surface area contributed by atoms with Gasteiger partial charge in [-0.2, -0.15) is 0 Å². The van der Waals surface area contributed by atoms with Crippen molar-refractivity contribution in [2.24, 2.45) is 5.92 Å². The Morgan fingerprint density at radius 3 is 2.91 bits per heavy atom. The first-order chi connectivity index (χ1) is 10.7. The van der Waals surface area contributed by atoms with E-state index in [0.29, 0.717) is 31.0 Å². The van der Waals surface area contributed by atoms with Crippen molar-refractivity contribution in [3.05, 3.63) is 29.1 Å². The molecule has 1 amide bonds. The second-order valence-electron chi connectivity index (χ2n) is 6.58. The van der Waals surface area contributed by atoms with E-state index < -0.39 is 0 Å². The predicted octanol–water partition coefficient (Wildman–Crippen LogP) is 3.77. The first-order valence-electron chi connectivity index (χ1n) is 8.55. The molecule has 1 aromatic carbocycles. The van der Waals surface area contributed by atoms with Gasteiger partial charge in [0.1, 0.15) is 5.82 Å². The van der Waals surface area contributed by atoms with Crippen LogP contribution in [0.1, 0.15) is 56.1 Å². The summed E-state index contributed by atoms with van der Waals surface area (Å²) in [6.45, 7) is 1.51. The SMILES string of the molecule is O=C(CCC1CCCCC1)Nc1ccc2c(c1F)CCNC2. The Hall–Kier alpha value is -1.42. The van der Waals surface area contributed by atoms with Crippen molar-refractivity contribution in [2.75, 3.05) is 11.9 Å².